The van der Waals surface area contributed by atoms with Crippen molar-refractivity contribution in [3.63, 3.8) is 0 Å². The lowest BCUT2D eigenvalue weighted by molar-refractivity contribution is 0.0697. The first kappa shape index (κ1) is 15.1. The Morgan fingerprint density at radius 2 is 1.52 bits per heavy atom. The molecule has 0 fully saturated rings. The van der Waals surface area contributed by atoms with Crippen molar-refractivity contribution in [1.29, 1.82) is 0 Å². The van der Waals surface area contributed by atoms with Gasteiger partial charge in [-0.3, -0.25) is 4.72 Å². The fourth-order valence-electron chi connectivity index (χ4n) is 2.23. The van der Waals surface area contributed by atoms with Crippen molar-refractivity contribution in [3.05, 3.63) is 72.3 Å². The fraction of sp³-hybridized carbons (Fsp3) is 0. The van der Waals surface area contributed by atoms with Gasteiger partial charge in [0.15, 0.2) is 0 Å². The molecule has 5 nitrogen and oxygen atoms in total. The summed E-state index contributed by atoms with van der Waals surface area (Å²) in [4.78, 5) is 11.0. The van der Waals surface area contributed by atoms with Gasteiger partial charge in [-0.2, -0.15) is 0 Å². The molecule has 23 heavy (non-hydrogen) atoms. The highest BCUT2D eigenvalue weighted by Gasteiger charge is 2.15. The van der Waals surface area contributed by atoms with Crippen LogP contribution >= 0.6 is 0 Å². The van der Waals surface area contributed by atoms with Crippen molar-refractivity contribution in [2.75, 3.05) is 4.72 Å². The quantitative estimate of drug-likeness (QED) is 0.770. The van der Waals surface area contributed by atoms with Gasteiger partial charge in [-0.25, -0.2) is 13.2 Å². The summed E-state index contributed by atoms with van der Waals surface area (Å²) in [6.45, 7) is 0. The van der Waals surface area contributed by atoms with Crippen LogP contribution in [0.2, 0.25) is 0 Å². The van der Waals surface area contributed by atoms with Gasteiger partial charge < -0.3 is 5.11 Å². The van der Waals surface area contributed by atoms with Crippen LogP contribution in [0.4, 0.5) is 5.69 Å². The van der Waals surface area contributed by atoms with Gasteiger partial charge in [0.2, 0.25) is 0 Å². The highest BCUT2D eigenvalue weighted by Crippen LogP contribution is 2.21. The molecule has 0 heterocycles. The summed E-state index contributed by atoms with van der Waals surface area (Å²) in [5.41, 5.74) is 0.404. The number of carboxylic acid groups (broad SMARTS) is 1. The molecule has 3 aromatic rings. The summed E-state index contributed by atoms with van der Waals surface area (Å²) in [6.07, 6.45) is 0. The third-order valence-corrected chi connectivity index (χ3v) is 4.79. The zero-order valence-electron chi connectivity index (χ0n) is 11.9. The number of hydrogen-bond acceptors (Lipinski definition) is 3. The van der Waals surface area contributed by atoms with Crippen molar-refractivity contribution >= 4 is 32.5 Å². The van der Waals surface area contributed by atoms with Gasteiger partial charge in [0.1, 0.15) is 0 Å². The smallest absolute Gasteiger partial charge is 0.335 e. The molecule has 0 saturated heterocycles. The second kappa shape index (κ2) is 5.73. The van der Waals surface area contributed by atoms with Crippen molar-refractivity contribution < 1.29 is 18.3 Å². The Balaban J connectivity index is 1.92. The van der Waals surface area contributed by atoms with Crippen molar-refractivity contribution in [2.24, 2.45) is 0 Å². The predicted octanol–water partition coefficient (Wildman–Crippen LogP) is 3.34. The normalized spacial score (nSPS) is 11.3. The molecule has 0 radical (unpaired) electrons. The number of rotatable bonds is 4. The Labute approximate surface area is 133 Å². The largest absolute Gasteiger partial charge is 0.478 e. The van der Waals surface area contributed by atoms with Crippen molar-refractivity contribution in [1.82, 2.24) is 0 Å². The van der Waals surface area contributed by atoms with E-state index in [0.29, 0.717) is 5.69 Å². The van der Waals surface area contributed by atoms with E-state index < -0.39 is 16.0 Å². The van der Waals surface area contributed by atoms with E-state index in [-0.39, 0.29) is 10.5 Å². The third-order valence-electron chi connectivity index (χ3n) is 3.42. The molecule has 2 N–H and O–H groups in total. The number of benzene rings is 3. The maximum Gasteiger partial charge on any atom is 0.335 e. The van der Waals surface area contributed by atoms with Crippen LogP contribution in [0.15, 0.2) is 71.6 Å². The Kier molecular flexibility index (Phi) is 3.75. The van der Waals surface area contributed by atoms with Crippen molar-refractivity contribution in [2.45, 2.75) is 4.90 Å². The summed E-state index contributed by atoms with van der Waals surface area (Å²) < 4.78 is 27.3. The second-order valence-electron chi connectivity index (χ2n) is 5.00. The summed E-state index contributed by atoms with van der Waals surface area (Å²) >= 11 is 0. The molecule has 0 aliphatic rings. The molecule has 0 atom stereocenters. The molecule has 0 aliphatic heterocycles. The zero-order chi connectivity index (χ0) is 16.4. The van der Waals surface area contributed by atoms with Crippen LogP contribution in [-0.2, 0) is 10.0 Å². The average Bonchev–Trinajstić information content (AvgIpc) is 2.54. The molecule has 0 unspecified atom stereocenters. The minimum Gasteiger partial charge on any atom is -0.478 e. The Hall–Kier alpha value is -2.86. The summed E-state index contributed by atoms with van der Waals surface area (Å²) in [6, 6.07) is 17.9. The number of carboxylic acids is 1. The molecule has 6 heteroatoms. The minimum absolute atomic E-state index is 0.0960. The van der Waals surface area contributed by atoms with Crippen LogP contribution in [-0.4, -0.2) is 19.5 Å². The van der Waals surface area contributed by atoms with Crippen LogP contribution in [0.1, 0.15) is 10.4 Å². The van der Waals surface area contributed by atoms with E-state index in [1.54, 1.807) is 12.1 Å². The topological polar surface area (TPSA) is 83.5 Å². The molecule has 116 valence electrons. The molecular formula is C17H13NO4S. The first-order chi connectivity index (χ1) is 11.0. The van der Waals surface area contributed by atoms with E-state index in [9.17, 15) is 13.2 Å². The molecular weight excluding hydrogens is 314 g/mol. The molecule has 0 aliphatic carbocycles. The summed E-state index contributed by atoms with van der Waals surface area (Å²) in [7, 11) is -3.74. The Morgan fingerprint density at radius 1 is 0.870 bits per heavy atom. The summed E-state index contributed by atoms with van der Waals surface area (Å²) in [5.74, 6) is -1.06. The SMILES string of the molecule is O=C(O)c1ccc(NS(=O)(=O)c2ccc3ccccc3c2)cc1. The number of anilines is 1. The monoisotopic (exact) mass is 327 g/mol. The number of fused-ring (bicyclic) bond motifs is 1. The number of carbonyl (C=O) groups is 1. The van der Waals surface area contributed by atoms with E-state index in [1.807, 2.05) is 24.3 Å². The number of nitrogens with one attached hydrogen (secondary N) is 1. The van der Waals surface area contributed by atoms with Gasteiger partial charge in [-0.15, -0.1) is 0 Å². The average molecular weight is 327 g/mol. The summed E-state index contributed by atoms with van der Waals surface area (Å²) in [5, 5.41) is 10.6. The molecule has 0 spiro atoms. The van der Waals surface area contributed by atoms with E-state index >= 15 is 0 Å². The molecule has 0 bridgehead atoms. The number of sulfonamides is 1. The standard InChI is InChI=1S/C17H13NO4S/c19-17(20)13-5-8-15(9-6-13)18-23(21,22)16-10-7-12-3-1-2-4-14(12)11-16/h1-11,18H,(H,19,20). The third kappa shape index (κ3) is 3.17. The highest BCUT2D eigenvalue weighted by molar-refractivity contribution is 7.92. The lowest BCUT2D eigenvalue weighted by Crippen LogP contribution is -2.13. The number of aromatic carboxylic acids is 1. The predicted molar refractivity (Wildman–Crippen MR) is 88.2 cm³/mol. The lowest BCUT2D eigenvalue weighted by Gasteiger charge is -2.09. The van der Waals surface area contributed by atoms with Crippen molar-refractivity contribution in [3.8, 4) is 0 Å². The Morgan fingerprint density at radius 3 is 2.17 bits per heavy atom. The van der Waals surface area contributed by atoms with Crippen LogP contribution in [0.3, 0.4) is 0 Å². The van der Waals surface area contributed by atoms with Gasteiger partial charge in [0.05, 0.1) is 10.5 Å². The Bertz CT molecular complexity index is 979. The molecule has 0 aromatic heterocycles. The molecule has 0 saturated carbocycles. The first-order valence-electron chi connectivity index (χ1n) is 6.81. The maximum absolute atomic E-state index is 12.4. The lowest BCUT2D eigenvalue weighted by atomic mass is 10.1. The zero-order valence-corrected chi connectivity index (χ0v) is 12.7. The molecule has 0 amide bonds. The van der Waals surface area contributed by atoms with Gasteiger partial charge in [-0.1, -0.05) is 30.3 Å². The van der Waals surface area contributed by atoms with E-state index in [1.165, 1.54) is 30.3 Å². The van der Waals surface area contributed by atoms with Crippen LogP contribution < -0.4 is 4.72 Å². The van der Waals surface area contributed by atoms with E-state index in [0.717, 1.165) is 10.8 Å². The fourth-order valence-corrected chi connectivity index (χ4v) is 3.32. The van der Waals surface area contributed by atoms with E-state index in [2.05, 4.69) is 4.72 Å². The van der Waals surface area contributed by atoms with E-state index in [4.69, 9.17) is 5.11 Å². The van der Waals surface area contributed by atoms with Crippen LogP contribution in [0.25, 0.3) is 10.8 Å². The maximum atomic E-state index is 12.4. The van der Waals surface area contributed by atoms with Gasteiger partial charge in [0, 0.05) is 5.69 Å². The minimum atomic E-state index is -3.74. The molecule has 3 aromatic carbocycles. The van der Waals surface area contributed by atoms with Gasteiger partial charge in [0.25, 0.3) is 10.0 Å². The van der Waals surface area contributed by atoms with Crippen LogP contribution in [0.5, 0.6) is 0 Å². The first-order valence-corrected chi connectivity index (χ1v) is 8.29. The second-order valence-corrected chi connectivity index (χ2v) is 6.68. The number of hydrogen-bond donors (Lipinski definition) is 2. The van der Waals surface area contributed by atoms with Gasteiger partial charge >= 0.3 is 5.97 Å². The highest BCUT2D eigenvalue weighted by atomic mass is 32.2. The van der Waals surface area contributed by atoms with Gasteiger partial charge in [-0.05, 0) is 47.2 Å². The molecule has 3 rings (SSSR count). The van der Waals surface area contributed by atoms with Crippen LogP contribution in [0, 0.1) is 0 Å².